The summed E-state index contributed by atoms with van der Waals surface area (Å²) in [5.74, 6) is 0. The molecule has 0 nitrogen and oxygen atoms in total. The Balaban J connectivity index is 3.09. The lowest BCUT2D eigenvalue weighted by molar-refractivity contribution is 0.562. The fraction of sp³-hybridized carbons (Fsp3) is 0.200. The summed E-state index contributed by atoms with van der Waals surface area (Å²) in [6.45, 7) is -0.537. The van der Waals surface area contributed by atoms with Crippen molar-refractivity contribution in [3.63, 3.8) is 0 Å². The molecular weight excluding hydrogens is 98.1 g/mol. The van der Waals surface area contributed by atoms with Gasteiger partial charge in [-0.25, -0.2) is 8.78 Å². The van der Waals surface area contributed by atoms with Crippen LogP contribution >= 0.6 is 0 Å². The van der Waals surface area contributed by atoms with Crippen LogP contribution in [0.2, 0.25) is 0 Å². The first-order valence-corrected chi connectivity index (χ1v) is 1.89. The molecule has 0 aromatic carbocycles. The van der Waals surface area contributed by atoms with Gasteiger partial charge in [-0.05, 0) is 6.08 Å². The summed E-state index contributed by atoms with van der Waals surface area (Å²) in [5.41, 5.74) is 0. The van der Waals surface area contributed by atoms with Crippen LogP contribution in [0.15, 0.2) is 24.6 Å². The van der Waals surface area contributed by atoms with Gasteiger partial charge in [0.2, 0.25) is 0 Å². The Hall–Kier alpha value is -0.660. The van der Waals surface area contributed by atoms with E-state index in [9.17, 15) is 8.78 Å². The zero-order valence-electron chi connectivity index (χ0n) is 3.77. The highest BCUT2D eigenvalue weighted by Crippen LogP contribution is 1.77. The molecule has 0 spiro atoms. The first kappa shape index (κ1) is 6.34. The van der Waals surface area contributed by atoms with E-state index in [1.165, 1.54) is 12.2 Å². The molecule has 0 aliphatic rings. The maximum Gasteiger partial charge on any atom is 0.108 e. The molecule has 0 amide bonds. The van der Waals surface area contributed by atoms with Gasteiger partial charge in [-0.2, -0.15) is 0 Å². The van der Waals surface area contributed by atoms with Crippen molar-refractivity contribution in [1.82, 2.24) is 0 Å². The first-order chi connectivity index (χ1) is 3.41. The summed E-state index contributed by atoms with van der Waals surface area (Å²) in [7, 11) is 0. The van der Waals surface area contributed by atoms with Crippen LogP contribution in [-0.2, 0) is 0 Å². The van der Waals surface area contributed by atoms with Gasteiger partial charge in [0.1, 0.15) is 6.67 Å². The van der Waals surface area contributed by atoms with Crippen molar-refractivity contribution in [3.8, 4) is 0 Å². The third-order valence-electron chi connectivity index (χ3n) is 0.409. The number of allylic oxidation sites excluding steroid dienone is 3. The van der Waals surface area contributed by atoms with Crippen LogP contribution in [0.5, 0.6) is 0 Å². The Morgan fingerprint density at radius 1 is 1.29 bits per heavy atom. The molecule has 0 aromatic rings. The minimum absolute atomic E-state index is 0.353. The number of hydrogen-bond donors (Lipinski definition) is 0. The monoisotopic (exact) mass is 104 g/mol. The number of alkyl halides is 1. The van der Waals surface area contributed by atoms with Gasteiger partial charge >= 0.3 is 0 Å². The van der Waals surface area contributed by atoms with Gasteiger partial charge in [-0.1, -0.05) is 12.2 Å². The highest BCUT2D eigenvalue weighted by atomic mass is 19.1. The highest BCUT2D eigenvalue weighted by molar-refractivity contribution is 4.98. The molecule has 0 atom stereocenters. The van der Waals surface area contributed by atoms with Crippen molar-refractivity contribution >= 4 is 0 Å². The molecule has 0 N–H and O–H groups in total. The minimum atomic E-state index is -0.537. The SMILES string of the molecule is FC=CC=CCF. The van der Waals surface area contributed by atoms with Crippen molar-refractivity contribution in [2.24, 2.45) is 0 Å². The third kappa shape index (κ3) is 5.34. The van der Waals surface area contributed by atoms with Gasteiger partial charge < -0.3 is 0 Å². The lowest BCUT2D eigenvalue weighted by Crippen LogP contribution is -1.56. The molecule has 40 valence electrons. The number of halogens is 2. The third-order valence-corrected chi connectivity index (χ3v) is 0.409. The van der Waals surface area contributed by atoms with E-state index in [-0.39, 0.29) is 0 Å². The van der Waals surface area contributed by atoms with Gasteiger partial charge in [0, 0.05) is 0 Å². The molecule has 7 heavy (non-hydrogen) atoms. The van der Waals surface area contributed by atoms with E-state index in [2.05, 4.69) is 0 Å². The van der Waals surface area contributed by atoms with Crippen molar-refractivity contribution < 1.29 is 8.78 Å². The molecule has 0 saturated heterocycles. The molecule has 0 heterocycles. The van der Waals surface area contributed by atoms with Crippen LogP contribution in [0.25, 0.3) is 0 Å². The van der Waals surface area contributed by atoms with Gasteiger partial charge in [-0.15, -0.1) is 0 Å². The first-order valence-electron chi connectivity index (χ1n) is 1.89. The Morgan fingerprint density at radius 3 is 2.43 bits per heavy atom. The topological polar surface area (TPSA) is 0 Å². The van der Waals surface area contributed by atoms with Crippen molar-refractivity contribution in [2.75, 3.05) is 6.67 Å². The summed E-state index contributed by atoms with van der Waals surface area (Å²) in [5, 5.41) is 0. The van der Waals surface area contributed by atoms with E-state index in [4.69, 9.17) is 0 Å². The zero-order valence-corrected chi connectivity index (χ0v) is 3.77. The smallest absolute Gasteiger partial charge is 0.108 e. The molecule has 0 aliphatic carbocycles. The molecule has 0 fully saturated rings. The standard InChI is InChI=1S/C5H6F2/c6-4-2-1-3-5-7/h1-4H,5H2. The van der Waals surface area contributed by atoms with Crippen LogP contribution < -0.4 is 0 Å². The van der Waals surface area contributed by atoms with Gasteiger partial charge in [0.15, 0.2) is 0 Å². The summed E-state index contributed by atoms with van der Waals surface area (Å²) < 4.78 is 22.0. The van der Waals surface area contributed by atoms with Gasteiger partial charge in [-0.3, -0.25) is 0 Å². The summed E-state index contributed by atoms with van der Waals surface area (Å²) in [6.07, 6.45) is 4.00. The molecule has 0 aromatic heterocycles. The summed E-state index contributed by atoms with van der Waals surface area (Å²) >= 11 is 0. The highest BCUT2D eigenvalue weighted by Gasteiger charge is 1.62. The summed E-state index contributed by atoms with van der Waals surface area (Å²) in [6, 6.07) is 0. The predicted octanol–water partition coefficient (Wildman–Crippen LogP) is 2.00. The average Bonchev–Trinajstić information content (AvgIpc) is 1.69. The quantitative estimate of drug-likeness (QED) is 0.470. The molecule has 0 bridgehead atoms. The van der Waals surface area contributed by atoms with Crippen LogP contribution in [0.1, 0.15) is 0 Å². The molecule has 0 saturated carbocycles. The largest absolute Gasteiger partial charge is 0.247 e. The molecule has 0 unspecified atom stereocenters. The Bertz CT molecular complexity index is 74.1. The second-order valence-electron chi connectivity index (χ2n) is 0.901. The van der Waals surface area contributed by atoms with Crippen LogP contribution in [-0.4, -0.2) is 6.67 Å². The lowest BCUT2D eigenvalue weighted by atomic mass is 10.5. The Kier molecular flexibility index (Phi) is 4.84. The predicted molar refractivity (Wildman–Crippen MR) is 25.4 cm³/mol. The fourth-order valence-corrected chi connectivity index (χ4v) is 0.172. The van der Waals surface area contributed by atoms with E-state index >= 15 is 0 Å². The van der Waals surface area contributed by atoms with Crippen molar-refractivity contribution in [3.05, 3.63) is 24.6 Å². The van der Waals surface area contributed by atoms with Gasteiger partial charge in [0.05, 0.1) is 6.33 Å². The molecular formula is C5H6F2. The maximum atomic E-state index is 11.1. The second kappa shape index (κ2) is 5.34. The van der Waals surface area contributed by atoms with Crippen molar-refractivity contribution in [1.29, 1.82) is 0 Å². The fourth-order valence-electron chi connectivity index (χ4n) is 0.172. The number of rotatable bonds is 2. The maximum absolute atomic E-state index is 11.1. The summed E-state index contributed by atoms with van der Waals surface area (Å²) in [4.78, 5) is 0. The molecule has 0 aliphatic heterocycles. The van der Waals surface area contributed by atoms with Crippen LogP contribution in [0.4, 0.5) is 8.78 Å². The Labute approximate surface area is 41.2 Å². The number of hydrogen-bond acceptors (Lipinski definition) is 0. The zero-order chi connectivity index (χ0) is 5.54. The Morgan fingerprint density at radius 2 is 2.00 bits per heavy atom. The molecule has 2 heteroatoms. The van der Waals surface area contributed by atoms with E-state index in [1.807, 2.05) is 0 Å². The van der Waals surface area contributed by atoms with Crippen LogP contribution in [0.3, 0.4) is 0 Å². The van der Waals surface area contributed by atoms with E-state index in [1.54, 1.807) is 0 Å². The normalized spacial score (nSPS) is 11.7. The molecule has 0 radical (unpaired) electrons. The van der Waals surface area contributed by atoms with Crippen molar-refractivity contribution in [2.45, 2.75) is 0 Å². The van der Waals surface area contributed by atoms with E-state index in [0.717, 1.165) is 6.08 Å². The lowest BCUT2D eigenvalue weighted by Gasteiger charge is -1.66. The molecule has 0 rings (SSSR count). The van der Waals surface area contributed by atoms with Gasteiger partial charge in [0.25, 0.3) is 0 Å². The van der Waals surface area contributed by atoms with E-state index < -0.39 is 6.67 Å². The average molecular weight is 104 g/mol. The minimum Gasteiger partial charge on any atom is -0.247 e. The van der Waals surface area contributed by atoms with E-state index in [0.29, 0.717) is 6.33 Å². The van der Waals surface area contributed by atoms with Crippen LogP contribution in [0, 0.1) is 0 Å². The second-order valence-corrected chi connectivity index (χ2v) is 0.901.